The Kier molecular flexibility index (Phi) is 3.73. The van der Waals surface area contributed by atoms with Crippen molar-refractivity contribution in [3.8, 4) is 0 Å². The quantitative estimate of drug-likeness (QED) is 0.434. The van der Waals surface area contributed by atoms with Gasteiger partial charge in [-0.05, 0) is 12.1 Å². The third kappa shape index (κ3) is 2.14. The zero-order valence-corrected chi connectivity index (χ0v) is 9.36. The van der Waals surface area contributed by atoms with Gasteiger partial charge in [0.15, 0.2) is 19.8 Å². The molecule has 0 fully saturated rings. The van der Waals surface area contributed by atoms with Gasteiger partial charge in [-0.2, -0.15) is 0 Å². The van der Waals surface area contributed by atoms with E-state index >= 15 is 0 Å². The third-order valence-corrected chi connectivity index (χ3v) is 2.26. The van der Waals surface area contributed by atoms with Crippen molar-refractivity contribution in [1.29, 1.82) is 0 Å². The number of hydrazine groups is 1. The summed E-state index contributed by atoms with van der Waals surface area (Å²) in [5.74, 6) is -3.93. The Morgan fingerprint density at radius 1 is 0.850 bits per heavy atom. The second-order valence-corrected chi connectivity index (χ2v) is 3.32. The van der Waals surface area contributed by atoms with E-state index in [1.165, 1.54) is 11.5 Å². The molecule has 0 saturated carbocycles. The number of rotatable bonds is 6. The number of benzene rings is 1. The Hall–Kier alpha value is -3.38. The van der Waals surface area contributed by atoms with Crippen LogP contribution in [0.15, 0.2) is 24.3 Å². The van der Waals surface area contributed by atoms with Crippen LogP contribution in [-0.2, 0) is 5.79 Å². The van der Waals surface area contributed by atoms with Crippen molar-refractivity contribution in [1.82, 2.24) is 0 Å². The molecule has 0 aromatic heterocycles. The van der Waals surface area contributed by atoms with Crippen molar-refractivity contribution in [3.05, 3.63) is 70.3 Å². The van der Waals surface area contributed by atoms with Gasteiger partial charge in [0.1, 0.15) is 5.69 Å². The Labute approximate surface area is 108 Å². The molecule has 20 heavy (non-hydrogen) atoms. The van der Waals surface area contributed by atoms with Gasteiger partial charge in [-0.3, -0.25) is 30.3 Å². The lowest BCUT2D eigenvalue weighted by Gasteiger charge is -2.10. The molecule has 0 radical (unpaired) electrons. The van der Waals surface area contributed by atoms with E-state index in [9.17, 15) is 40.5 Å². The number of nitro groups is 4. The average molecular weight is 287 g/mol. The summed E-state index contributed by atoms with van der Waals surface area (Å²) in [7, 11) is 0. The topological polar surface area (TPSA) is 185 Å². The summed E-state index contributed by atoms with van der Waals surface area (Å²) in [6, 6.07) is 3.79. The summed E-state index contributed by atoms with van der Waals surface area (Å²) in [5, 5.41) is 41.8. The smallest absolute Gasteiger partial charge is 0.252 e. The summed E-state index contributed by atoms with van der Waals surface area (Å²) in [5.41, 5.74) is -0.326. The fourth-order valence-corrected chi connectivity index (χ4v) is 1.47. The van der Waals surface area contributed by atoms with Crippen LogP contribution >= 0.6 is 0 Å². The molecule has 0 aliphatic rings. The van der Waals surface area contributed by atoms with Gasteiger partial charge in [0.25, 0.3) is 0 Å². The van der Waals surface area contributed by atoms with Gasteiger partial charge in [-0.15, -0.1) is 5.43 Å². The number of para-hydroxylation sites is 1. The Balaban J connectivity index is 3.66. The standard InChI is InChI=1S/C7H5N5O8/c13-9(14)7(10(15)16,11(17)18)5-3-1-2-4-6(5)8-12(19)20/h1-4,8H. The van der Waals surface area contributed by atoms with Crippen molar-refractivity contribution in [2.45, 2.75) is 5.79 Å². The SMILES string of the molecule is O=[N+]([O-])Nc1ccccc1C([N+](=O)[O-])([N+](=O)[O-])[N+](=O)[O-]. The molecule has 0 bridgehead atoms. The molecular formula is C7H5N5O8. The molecule has 0 unspecified atom stereocenters. The van der Waals surface area contributed by atoms with Crippen molar-refractivity contribution in [3.63, 3.8) is 0 Å². The molecule has 1 N–H and O–H groups in total. The van der Waals surface area contributed by atoms with E-state index in [0.29, 0.717) is 6.07 Å². The first-order valence-corrected chi connectivity index (χ1v) is 4.68. The molecule has 106 valence electrons. The van der Waals surface area contributed by atoms with E-state index in [1.54, 1.807) is 0 Å². The molecule has 1 aromatic rings. The summed E-state index contributed by atoms with van der Waals surface area (Å²) in [6.07, 6.45) is 0. The molecule has 0 saturated heterocycles. The number of hydrogen-bond donors (Lipinski definition) is 1. The van der Waals surface area contributed by atoms with Crippen molar-refractivity contribution >= 4 is 5.69 Å². The van der Waals surface area contributed by atoms with Crippen molar-refractivity contribution in [2.24, 2.45) is 0 Å². The molecule has 0 heterocycles. The predicted octanol–water partition coefficient (Wildman–Crippen LogP) is 0.231. The molecular weight excluding hydrogens is 282 g/mol. The zero-order valence-electron chi connectivity index (χ0n) is 9.36. The highest BCUT2D eigenvalue weighted by Gasteiger charge is 2.73. The lowest BCUT2D eigenvalue weighted by Crippen LogP contribution is -2.50. The number of nitrogens with zero attached hydrogens (tertiary/aromatic N) is 4. The van der Waals surface area contributed by atoms with Crippen LogP contribution in [0.5, 0.6) is 0 Å². The van der Waals surface area contributed by atoms with Crippen LogP contribution in [0.3, 0.4) is 0 Å². The second kappa shape index (κ2) is 5.09. The third-order valence-electron chi connectivity index (χ3n) is 2.26. The van der Waals surface area contributed by atoms with Crippen LogP contribution in [-0.4, -0.2) is 19.8 Å². The van der Waals surface area contributed by atoms with Gasteiger partial charge in [0.2, 0.25) is 5.56 Å². The summed E-state index contributed by atoms with van der Waals surface area (Å²) >= 11 is 0. The maximum atomic E-state index is 10.9. The van der Waals surface area contributed by atoms with Crippen molar-refractivity contribution in [2.75, 3.05) is 5.43 Å². The molecule has 0 spiro atoms. The number of hydrogen-bond acceptors (Lipinski definition) is 8. The Morgan fingerprint density at radius 2 is 1.30 bits per heavy atom. The monoisotopic (exact) mass is 287 g/mol. The Morgan fingerprint density at radius 3 is 1.70 bits per heavy atom. The van der Waals surface area contributed by atoms with E-state index in [2.05, 4.69) is 0 Å². The molecule has 1 aromatic carbocycles. The highest BCUT2D eigenvalue weighted by Crippen LogP contribution is 2.32. The second-order valence-electron chi connectivity index (χ2n) is 3.32. The van der Waals surface area contributed by atoms with Crippen molar-refractivity contribution < 1.29 is 19.8 Å². The minimum absolute atomic E-state index is 0.695. The molecule has 0 aliphatic heterocycles. The molecule has 0 aliphatic carbocycles. The van der Waals surface area contributed by atoms with Crippen LogP contribution in [0.25, 0.3) is 0 Å². The summed E-state index contributed by atoms with van der Waals surface area (Å²) < 4.78 is 0. The lowest BCUT2D eigenvalue weighted by atomic mass is 10.1. The van der Waals surface area contributed by atoms with E-state index in [-0.39, 0.29) is 0 Å². The normalized spacial score (nSPS) is 10.6. The first kappa shape index (κ1) is 14.7. The average Bonchev–Trinajstić information content (AvgIpc) is 2.29. The maximum Gasteiger partial charge on any atom is 0.730 e. The summed E-state index contributed by atoms with van der Waals surface area (Å²) in [6.45, 7) is 0. The molecule has 13 heteroatoms. The van der Waals surface area contributed by atoms with E-state index in [0.717, 1.165) is 12.1 Å². The van der Waals surface area contributed by atoms with Crippen LogP contribution in [0.2, 0.25) is 0 Å². The van der Waals surface area contributed by atoms with Crippen LogP contribution in [0.4, 0.5) is 5.69 Å². The highest BCUT2D eigenvalue weighted by molar-refractivity contribution is 5.50. The fraction of sp³-hybridized carbons (Fsp3) is 0.143. The van der Waals surface area contributed by atoms with Crippen LogP contribution in [0, 0.1) is 40.5 Å². The highest BCUT2D eigenvalue weighted by atomic mass is 16.7. The molecule has 0 amide bonds. The van der Waals surface area contributed by atoms with Gasteiger partial charge in [-0.1, -0.05) is 12.1 Å². The fourth-order valence-electron chi connectivity index (χ4n) is 1.47. The van der Waals surface area contributed by atoms with Crippen LogP contribution in [0.1, 0.15) is 5.56 Å². The first-order valence-electron chi connectivity index (χ1n) is 4.68. The van der Waals surface area contributed by atoms with Gasteiger partial charge in [0.05, 0.1) is 0 Å². The van der Waals surface area contributed by atoms with Gasteiger partial charge < -0.3 is 0 Å². The van der Waals surface area contributed by atoms with E-state index in [1.807, 2.05) is 0 Å². The minimum Gasteiger partial charge on any atom is -0.252 e. The molecule has 0 atom stereocenters. The van der Waals surface area contributed by atoms with Crippen LogP contribution < -0.4 is 5.43 Å². The predicted molar refractivity (Wildman–Crippen MR) is 59.7 cm³/mol. The molecule has 1 rings (SSSR count). The van der Waals surface area contributed by atoms with E-state index in [4.69, 9.17) is 0 Å². The summed E-state index contributed by atoms with van der Waals surface area (Å²) in [4.78, 5) is 37.8. The van der Waals surface area contributed by atoms with Gasteiger partial charge in [-0.25, -0.2) is 10.1 Å². The number of anilines is 1. The number of nitrogens with one attached hydrogen (secondary N) is 1. The van der Waals surface area contributed by atoms with E-state index < -0.39 is 36.8 Å². The minimum atomic E-state index is -3.93. The first-order chi connectivity index (χ1) is 9.24. The maximum absolute atomic E-state index is 10.9. The zero-order chi connectivity index (χ0) is 15.5. The largest absolute Gasteiger partial charge is 0.730 e. The van der Waals surface area contributed by atoms with Gasteiger partial charge >= 0.3 is 5.79 Å². The van der Waals surface area contributed by atoms with Gasteiger partial charge in [0, 0.05) is 0 Å². The Bertz CT molecular complexity index is 565. The molecule has 13 nitrogen and oxygen atoms in total. The lowest BCUT2D eigenvalue weighted by molar-refractivity contribution is -0.985.